The lowest BCUT2D eigenvalue weighted by Gasteiger charge is -2.45. The number of hydrogen-bond acceptors (Lipinski definition) is 4. The average Bonchev–Trinajstić information content (AvgIpc) is 2.92. The molecule has 0 unspecified atom stereocenters. The third-order valence-electron chi connectivity index (χ3n) is 7.66. The van der Waals surface area contributed by atoms with E-state index in [1.54, 1.807) is 30.0 Å². The summed E-state index contributed by atoms with van der Waals surface area (Å²) < 4.78 is 15.0. The molecule has 0 radical (unpaired) electrons. The number of anilines is 1. The minimum Gasteiger partial charge on any atom is -0.478 e. The van der Waals surface area contributed by atoms with Crippen LogP contribution in [0.15, 0.2) is 35.2 Å². The molecule has 0 bridgehead atoms. The molecular weight excluding hydrogens is 449 g/mol. The lowest BCUT2D eigenvalue weighted by Crippen LogP contribution is -2.48. The van der Waals surface area contributed by atoms with Crippen LogP contribution in [-0.4, -0.2) is 41.6 Å². The second-order valence-corrected chi connectivity index (χ2v) is 10.9. The molecule has 1 spiro atoms. The molecule has 1 fully saturated rings. The van der Waals surface area contributed by atoms with Gasteiger partial charge in [-0.1, -0.05) is 17.7 Å². The lowest BCUT2D eigenvalue weighted by atomic mass is 9.69. The summed E-state index contributed by atoms with van der Waals surface area (Å²) in [6, 6.07) is 9.02. The van der Waals surface area contributed by atoms with Crippen LogP contribution < -0.4 is 4.90 Å². The number of aliphatic hydroxyl groups is 1. The van der Waals surface area contributed by atoms with E-state index in [1.165, 1.54) is 0 Å². The largest absolute Gasteiger partial charge is 0.478 e. The zero-order valence-corrected chi connectivity index (χ0v) is 19.4. The number of aliphatic hydroxyl groups excluding tert-OH is 1. The van der Waals surface area contributed by atoms with Gasteiger partial charge in [0.25, 0.3) is 0 Å². The van der Waals surface area contributed by atoms with Crippen LogP contribution in [0.25, 0.3) is 0 Å². The number of carboxylic acids is 1. The molecule has 0 aromatic heterocycles. The molecule has 1 heterocycles. The van der Waals surface area contributed by atoms with Crippen molar-refractivity contribution >= 4 is 35.0 Å². The van der Waals surface area contributed by atoms with Crippen LogP contribution in [0.5, 0.6) is 0 Å². The minimum atomic E-state index is -0.937. The number of carbonyl (C=O) groups is 1. The van der Waals surface area contributed by atoms with Crippen molar-refractivity contribution in [3.05, 3.63) is 57.9 Å². The van der Waals surface area contributed by atoms with Gasteiger partial charge < -0.3 is 15.1 Å². The molecule has 2 aromatic carbocycles. The lowest BCUT2D eigenvalue weighted by molar-refractivity contribution is 0.0697. The summed E-state index contributed by atoms with van der Waals surface area (Å²) in [5.74, 6) is 0.252. The summed E-state index contributed by atoms with van der Waals surface area (Å²) in [7, 11) is 0. The molecule has 170 valence electrons. The predicted octanol–water partition coefficient (Wildman–Crippen LogP) is 5.38. The van der Waals surface area contributed by atoms with Crippen LogP contribution >= 0.6 is 23.4 Å². The molecule has 3 atom stereocenters. The van der Waals surface area contributed by atoms with E-state index in [9.17, 15) is 19.4 Å². The first-order valence-corrected chi connectivity index (χ1v) is 12.6. The fourth-order valence-corrected chi connectivity index (χ4v) is 7.18. The standard InChI is InChI=1S/C25H27ClFNO3S/c26-20-7-6-19-18(23(20)27)2-1-9-25(19)13-28(11-16-3-4-17(16)12-29)21-10-15(24(30)31)5-8-22(21)32-14-25/h5-8,10,16-17,29H,1-4,9,11-14H2,(H,30,31)/t16-,17-,25+/m0/s1. The maximum Gasteiger partial charge on any atom is 0.335 e. The first kappa shape index (κ1) is 22.1. The summed E-state index contributed by atoms with van der Waals surface area (Å²) in [6.45, 7) is 1.67. The Bertz CT molecular complexity index is 1060. The van der Waals surface area contributed by atoms with E-state index in [2.05, 4.69) is 4.90 Å². The Labute approximate surface area is 196 Å². The Balaban J connectivity index is 1.58. The normalized spacial score (nSPS) is 26.8. The molecule has 5 rings (SSSR count). The van der Waals surface area contributed by atoms with Crippen molar-refractivity contribution in [3.8, 4) is 0 Å². The van der Waals surface area contributed by atoms with Gasteiger partial charge in [0.05, 0.1) is 16.3 Å². The highest BCUT2D eigenvalue weighted by Crippen LogP contribution is 2.49. The first-order valence-electron chi connectivity index (χ1n) is 11.3. The highest BCUT2D eigenvalue weighted by atomic mass is 35.5. The molecule has 2 N–H and O–H groups in total. The Morgan fingerprint density at radius 3 is 2.78 bits per heavy atom. The highest BCUT2D eigenvalue weighted by Gasteiger charge is 2.43. The summed E-state index contributed by atoms with van der Waals surface area (Å²) in [5, 5.41) is 19.5. The van der Waals surface area contributed by atoms with E-state index < -0.39 is 5.97 Å². The van der Waals surface area contributed by atoms with Gasteiger partial charge in [-0.3, -0.25) is 0 Å². The van der Waals surface area contributed by atoms with E-state index in [0.29, 0.717) is 24.8 Å². The van der Waals surface area contributed by atoms with Crippen LogP contribution in [0.4, 0.5) is 10.1 Å². The fraction of sp³-hybridized carbons (Fsp3) is 0.480. The molecule has 4 nitrogen and oxygen atoms in total. The molecule has 7 heteroatoms. The highest BCUT2D eigenvalue weighted by molar-refractivity contribution is 7.99. The van der Waals surface area contributed by atoms with Crippen molar-refractivity contribution in [2.75, 3.05) is 30.3 Å². The van der Waals surface area contributed by atoms with Gasteiger partial charge in [-0.2, -0.15) is 0 Å². The van der Waals surface area contributed by atoms with Crippen molar-refractivity contribution in [1.82, 2.24) is 0 Å². The van der Waals surface area contributed by atoms with E-state index in [-0.39, 0.29) is 28.4 Å². The van der Waals surface area contributed by atoms with E-state index >= 15 is 0 Å². The van der Waals surface area contributed by atoms with Crippen molar-refractivity contribution in [1.29, 1.82) is 0 Å². The van der Waals surface area contributed by atoms with Gasteiger partial charge in [0.1, 0.15) is 5.82 Å². The monoisotopic (exact) mass is 475 g/mol. The van der Waals surface area contributed by atoms with Crippen LogP contribution in [0, 0.1) is 17.7 Å². The van der Waals surface area contributed by atoms with Crippen molar-refractivity contribution in [2.45, 2.75) is 42.4 Å². The maximum absolute atomic E-state index is 15.0. The number of nitrogens with zero attached hydrogens (tertiary/aromatic N) is 1. The summed E-state index contributed by atoms with van der Waals surface area (Å²) in [5.41, 5.74) is 2.77. The third-order valence-corrected chi connectivity index (χ3v) is 9.30. The van der Waals surface area contributed by atoms with Gasteiger partial charge in [-0.15, -0.1) is 11.8 Å². The molecular formula is C25H27ClFNO3S. The summed E-state index contributed by atoms with van der Waals surface area (Å²) in [4.78, 5) is 15.1. The van der Waals surface area contributed by atoms with Crippen LogP contribution in [0.1, 0.15) is 47.2 Å². The minimum absolute atomic E-state index is 0.175. The van der Waals surface area contributed by atoms with Gasteiger partial charge in [0.2, 0.25) is 0 Å². The number of fused-ring (bicyclic) bond motifs is 3. The van der Waals surface area contributed by atoms with E-state index in [4.69, 9.17) is 11.6 Å². The first-order chi connectivity index (χ1) is 15.4. The topological polar surface area (TPSA) is 60.8 Å². The average molecular weight is 476 g/mol. The van der Waals surface area contributed by atoms with Crippen molar-refractivity contribution in [2.24, 2.45) is 11.8 Å². The zero-order chi connectivity index (χ0) is 22.5. The number of hydrogen-bond donors (Lipinski definition) is 2. The predicted molar refractivity (Wildman–Crippen MR) is 126 cm³/mol. The Hall–Kier alpha value is -1.76. The zero-order valence-electron chi connectivity index (χ0n) is 17.8. The van der Waals surface area contributed by atoms with Crippen molar-refractivity contribution in [3.63, 3.8) is 0 Å². The third kappa shape index (κ3) is 3.70. The SMILES string of the molecule is O=C(O)c1ccc2c(c1)N(C[C@@H]1CC[C@H]1CO)C[C@]1(CCCc3c1ccc(Cl)c3F)CS2. The number of aromatic carboxylic acids is 1. The van der Waals surface area contributed by atoms with Crippen LogP contribution in [0.2, 0.25) is 5.02 Å². The molecule has 0 saturated heterocycles. The smallest absolute Gasteiger partial charge is 0.335 e. The molecule has 0 amide bonds. The molecule has 2 aromatic rings. The number of halogens is 2. The van der Waals surface area contributed by atoms with E-state index in [0.717, 1.165) is 59.7 Å². The molecule has 3 aliphatic rings. The van der Waals surface area contributed by atoms with Crippen molar-refractivity contribution < 1.29 is 19.4 Å². The molecule has 1 aliphatic heterocycles. The summed E-state index contributed by atoms with van der Waals surface area (Å²) >= 11 is 7.84. The van der Waals surface area contributed by atoms with Gasteiger partial charge in [0, 0.05) is 35.8 Å². The number of benzene rings is 2. The maximum atomic E-state index is 15.0. The van der Waals surface area contributed by atoms with Crippen LogP contribution in [-0.2, 0) is 11.8 Å². The molecule has 2 aliphatic carbocycles. The molecule has 32 heavy (non-hydrogen) atoms. The number of thioether (sulfide) groups is 1. The quantitative estimate of drug-likeness (QED) is 0.621. The Morgan fingerprint density at radius 2 is 2.06 bits per heavy atom. The number of rotatable bonds is 4. The van der Waals surface area contributed by atoms with Crippen LogP contribution in [0.3, 0.4) is 0 Å². The van der Waals surface area contributed by atoms with Gasteiger partial charge in [-0.05, 0) is 79.3 Å². The fourth-order valence-electron chi connectivity index (χ4n) is 5.68. The molecule has 1 saturated carbocycles. The van der Waals surface area contributed by atoms with Gasteiger partial charge in [0.15, 0.2) is 0 Å². The van der Waals surface area contributed by atoms with Gasteiger partial charge in [-0.25, -0.2) is 9.18 Å². The van der Waals surface area contributed by atoms with E-state index in [1.807, 2.05) is 12.1 Å². The summed E-state index contributed by atoms with van der Waals surface area (Å²) in [6.07, 6.45) is 4.65. The second-order valence-electron chi connectivity index (χ2n) is 9.46. The second kappa shape index (κ2) is 8.54. The Kier molecular flexibility index (Phi) is 5.89. The van der Waals surface area contributed by atoms with Gasteiger partial charge >= 0.3 is 5.97 Å². The Morgan fingerprint density at radius 1 is 1.25 bits per heavy atom. The number of carboxylic acid groups (broad SMARTS) is 1.